The van der Waals surface area contributed by atoms with E-state index in [1.165, 1.54) is 26.2 Å². The number of benzene rings is 1. The van der Waals surface area contributed by atoms with Crippen molar-refractivity contribution in [3.63, 3.8) is 0 Å². The number of carbonyl (C=O) groups excluding carboxylic acids is 3. The van der Waals surface area contributed by atoms with Crippen LogP contribution in [0.25, 0.3) is 0 Å². The molecule has 0 bridgehead atoms. The van der Waals surface area contributed by atoms with Crippen molar-refractivity contribution < 1.29 is 14.4 Å². The minimum atomic E-state index is -0.321. The number of amides is 4. The zero-order valence-corrected chi connectivity index (χ0v) is 16.1. The molecular weight excluding hydrogens is 344 g/mol. The van der Waals surface area contributed by atoms with E-state index in [1.807, 2.05) is 25.1 Å². The molecule has 148 valence electrons. The summed E-state index contributed by atoms with van der Waals surface area (Å²) in [6.45, 7) is 3.61. The van der Waals surface area contributed by atoms with E-state index in [1.54, 1.807) is 6.07 Å². The van der Waals surface area contributed by atoms with Gasteiger partial charge in [-0.05, 0) is 37.5 Å². The van der Waals surface area contributed by atoms with E-state index >= 15 is 0 Å². The van der Waals surface area contributed by atoms with E-state index < -0.39 is 0 Å². The first-order valence-corrected chi connectivity index (χ1v) is 9.65. The van der Waals surface area contributed by atoms with Gasteiger partial charge in [-0.25, -0.2) is 4.79 Å². The highest BCUT2D eigenvalue weighted by molar-refractivity contribution is 5.88. The van der Waals surface area contributed by atoms with Gasteiger partial charge in [-0.3, -0.25) is 9.59 Å². The van der Waals surface area contributed by atoms with Crippen LogP contribution in [0.2, 0.25) is 0 Å². The van der Waals surface area contributed by atoms with E-state index in [4.69, 9.17) is 0 Å². The SMILES string of the molecule is CC(=O)Nc1cccc(C(C)NC(=O)NCCC(=O)NC2CCCCC2)c1. The highest BCUT2D eigenvalue weighted by atomic mass is 16.2. The Labute approximate surface area is 160 Å². The minimum Gasteiger partial charge on any atom is -0.353 e. The zero-order chi connectivity index (χ0) is 19.6. The van der Waals surface area contributed by atoms with Crippen LogP contribution in [0.4, 0.5) is 10.5 Å². The maximum absolute atomic E-state index is 12.0. The molecule has 1 aromatic carbocycles. The first kappa shape index (κ1) is 20.7. The van der Waals surface area contributed by atoms with E-state index in [0.29, 0.717) is 12.2 Å². The summed E-state index contributed by atoms with van der Waals surface area (Å²) in [6.07, 6.45) is 5.97. The Kier molecular flexibility index (Phi) is 8.10. The summed E-state index contributed by atoms with van der Waals surface area (Å²) in [7, 11) is 0. The van der Waals surface area contributed by atoms with Crippen LogP contribution in [0.1, 0.15) is 64.0 Å². The Morgan fingerprint density at radius 1 is 1.15 bits per heavy atom. The van der Waals surface area contributed by atoms with Gasteiger partial charge in [0.2, 0.25) is 11.8 Å². The van der Waals surface area contributed by atoms with Crippen molar-refractivity contribution in [1.29, 1.82) is 0 Å². The van der Waals surface area contributed by atoms with Crippen LogP contribution in [-0.2, 0) is 9.59 Å². The van der Waals surface area contributed by atoms with Gasteiger partial charge in [0.25, 0.3) is 0 Å². The van der Waals surface area contributed by atoms with Gasteiger partial charge in [-0.2, -0.15) is 0 Å². The molecule has 4 N–H and O–H groups in total. The molecule has 7 heteroatoms. The summed E-state index contributed by atoms with van der Waals surface area (Å²) >= 11 is 0. The molecule has 0 aromatic heterocycles. The van der Waals surface area contributed by atoms with Crippen molar-refractivity contribution in [3.05, 3.63) is 29.8 Å². The molecule has 1 fully saturated rings. The number of urea groups is 1. The van der Waals surface area contributed by atoms with Crippen LogP contribution in [-0.4, -0.2) is 30.4 Å². The van der Waals surface area contributed by atoms with Crippen LogP contribution >= 0.6 is 0 Å². The highest BCUT2D eigenvalue weighted by Crippen LogP contribution is 2.18. The fraction of sp³-hybridized carbons (Fsp3) is 0.550. The van der Waals surface area contributed by atoms with Crippen molar-refractivity contribution >= 4 is 23.5 Å². The lowest BCUT2D eigenvalue weighted by atomic mass is 9.95. The average molecular weight is 374 g/mol. The van der Waals surface area contributed by atoms with Crippen LogP contribution in [0.3, 0.4) is 0 Å². The Morgan fingerprint density at radius 3 is 2.59 bits per heavy atom. The first-order chi connectivity index (χ1) is 12.9. The maximum Gasteiger partial charge on any atom is 0.315 e. The molecule has 2 rings (SSSR count). The molecule has 0 aliphatic heterocycles. The van der Waals surface area contributed by atoms with Crippen molar-refractivity contribution in [3.8, 4) is 0 Å². The third kappa shape index (κ3) is 7.68. The smallest absolute Gasteiger partial charge is 0.315 e. The molecule has 0 saturated heterocycles. The van der Waals surface area contributed by atoms with Crippen LogP contribution in [0.15, 0.2) is 24.3 Å². The molecule has 1 unspecified atom stereocenters. The fourth-order valence-corrected chi connectivity index (χ4v) is 3.26. The second kappa shape index (κ2) is 10.5. The van der Waals surface area contributed by atoms with Crippen LogP contribution < -0.4 is 21.3 Å². The molecule has 1 aromatic rings. The summed E-state index contributed by atoms with van der Waals surface area (Å²) in [5.74, 6) is -0.157. The van der Waals surface area contributed by atoms with Crippen molar-refractivity contribution in [2.45, 2.75) is 64.5 Å². The van der Waals surface area contributed by atoms with Crippen molar-refractivity contribution in [2.24, 2.45) is 0 Å². The maximum atomic E-state index is 12.0. The van der Waals surface area contributed by atoms with Gasteiger partial charge in [-0.15, -0.1) is 0 Å². The molecule has 1 aliphatic carbocycles. The van der Waals surface area contributed by atoms with Gasteiger partial charge in [0.05, 0.1) is 6.04 Å². The number of rotatable bonds is 7. The van der Waals surface area contributed by atoms with Gasteiger partial charge < -0.3 is 21.3 Å². The van der Waals surface area contributed by atoms with E-state index in [2.05, 4.69) is 21.3 Å². The van der Waals surface area contributed by atoms with Crippen LogP contribution in [0.5, 0.6) is 0 Å². The predicted octanol–water partition coefficient (Wildman–Crippen LogP) is 2.84. The molecule has 4 amide bonds. The fourth-order valence-electron chi connectivity index (χ4n) is 3.26. The molecule has 1 atom stereocenters. The highest BCUT2D eigenvalue weighted by Gasteiger charge is 2.16. The van der Waals surface area contributed by atoms with E-state index in [0.717, 1.165) is 18.4 Å². The molecule has 0 heterocycles. The van der Waals surface area contributed by atoms with E-state index in [9.17, 15) is 14.4 Å². The Morgan fingerprint density at radius 2 is 1.89 bits per heavy atom. The normalized spacial score (nSPS) is 15.5. The third-order valence-corrected chi connectivity index (χ3v) is 4.66. The first-order valence-electron chi connectivity index (χ1n) is 9.65. The third-order valence-electron chi connectivity index (χ3n) is 4.66. The van der Waals surface area contributed by atoms with Gasteiger partial charge in [0, 0.05) is 31.6 Å². The van der Waals surface area contributed by atoms with Gasteiger partial charge >= 0.3 is 6.03 Å². The second-order valence-electron chi connectivity index (χ2n) is 7.08. The molecule has 27 heavy (non-hydrogen) atoms. The summed E-state index contributed by atoms with van der Waals surface area (Å²) < 4.78 is 0. The van der Waals surface area contributed by atoms with Gasteiger partial charge in [-0.1, -0.05) is 31.4 Å². The van der Waals surface area contributed by atoms with Gasteiger partial charge in [0.15, 0.2) is 0 Å². The molecule has 7 nitrogen and oxygen atoms in total. The standard InChI is InChI=1S/C20H30N4O3/c1-14(16-7-6-10-18(13-16)23-15(2)25)22-20(27)21-12-11-19(26)24-17-8-4-3-5-9-17/h6-7,10,13-14,17H,3-5,8-9,11-12H2,1-2H3,(H,23,25)(H,24,26)(H2,21,22,27). The topological polar surface area (TPSA) is 99.3 Å². The quantitative estimate of drug-likeness (QED) is 0.590. The Balaban J connectivity index is 1.70. The number of nitrogens with one attached hydrogen (secondary N) is 4. The molecule has 0 spiro atoms. The minimum absolute atomic E-state index is 0.0155. The van der Waals surface area contributed by atoms with Gasteiger partial charge in [0.1, 0.15) is 0 Å². The summed E-state index contributed by atoms with van der Waals surface area (Å²) in [5.41, 5.74) is 1.57. The number of hydrogen-bond acceptors (Lipinski definition) is 3. The summed E-state index contributed by atoms with van der Waals surface area (Å²) in [6, 6.07) is 7.07. The molecule has 1 aliphatic rings. The monoisotopic (exact) mass is 374 g/mol. The zero-order valence-electron chi connectivity index (χ0n) is 16.1. The number of carbonyl (C=O) groups is 3. The largest absolute Gasteiger partial charge is 0.353 e. The lowest BCUT2D eigenvalue weighted by molar-refractivity contribution is -0.121. The number of hydrogen-bond donors (Lipinski definition) is 4. The van der Waals surface area contributed by atoms with Crippen LogP contribution in [0, 0.1) is 0 Å². The molecule has 0 radical (unpaired) electrons. The Bertz CT molecular complexity index is 656. The second-order valence-corrected chi connectivity index (χ2v) is 7.08. The Hall–Kier alpha value is -2.57. The molecule has 1 saturated carbocycles. The lowest BCUT2D eigenvalue weighted by Gasteiger charge is -2.22. The average Bonchev–Trinajstić information content (AvgIpc) is 2.62. The number of anilines is 1. The summed E-state index contributed by atoms with van der Waals surface area (Å²) in [4.78, 5) is 35.1. The molecular formula is C20H30N4O3. The van der Waals surface area contributed by atoms with Crippen molar-refractivity contribution in [1.82, 2.24) is 16.0 Å². The van der Waals surface area contributed by atoms with E-state index in [-0.39, 0.29) is 36.3 Å². The summed E-state index contributed by atoms with van der Waals surface area (Å²) in [5, 5.41) is 11.3. The lowest BCUT2D eigenvalue weighted by Crippen LogP contribution is -2.41. The predicted molar refractivity (Wildman–Crippen MR) is 105 cm³/mol. The van der Waals surface area contributed by atoms with Crippen molar-refractivity contribution in [2.75, 3.05) is 11.9 Å².